The van der Waals surface area contributed by atoms with Crippen molar-refractivity contribution in [2.75, 3.05) is 0 Å². The largest absolute Gasteiger partial charge is 0.433 e. The molecule has 2 rings (SSSR count). The van der Waals surface area contributed by atoms with E-state index >= 15 is 0 Å². The van der Waals surface area contributed by atoms with Gasteiger partial charge in [0.1, 0.15) is 23.3 Å². The van der Waals surface area contributed by atoms with E-state index in [0.29, 0.717) is 0 Å². The summed E-state index contributed by atoms with van der Waals surface area (Å²) in [4.78, 5) is 10.7. The number of rotatable bonds is 2. The van der Waals surface area contributed by atoms with E-state index in [4.69, 9.17) is 11.6 Å². The van der Waals surface area contributed by atoms with Gasteiger partial charge in [0, 0.05) is 11.8 Å². The zero-order chi connectivity index (χ0) is 14.0. The van der Waals surface area contributed by atoms with Crippen LogP contribution in [0.1, 0.15) is 23.1 Å². The quantitative estimate of drug-likeness (QED) is 0.864. The third kappa shape index (κ3) is 2.99. The van der Waals surface area contributed by atoms with Crippen LogP contribution in [-0.4, -0.2) is 20.1 Å². The molecule has 4 nitrogen and oxygen atoms in total. The lowest BCUT2D eigenvalue weighted by molar-refractivity contribution is -0.141. The van der Waals surface area contributed by atoms with Gasteiger partial charge in [-0.25, -0.2) is 15.0 Å². The van der Waals surface area contributed by atoms with Gasteiger partial charge in [0.2, 0.25) is 0 Å². The zero-order valence-corrected chi connectivity index (χ0v) is 10.0. The van der Waals surface area contributed by atoms with Gasteiger partial charge in [0.15, 0.2) is 0 Å². The Morgan fingerprint density at radius 1 is 1.21 bits per heavy atom. The highest BCUT2D eigenvalue weighted by Crippen LogP contribution is 2.32. The Bertz CT molecular complexity index is 577. The lowest BCUT2D eigenvalue weighted by Gasteiger charge is -2.13. The standard InChI is InChI=1S/C11H7ClF3N3O/c12-10-6(1-2-8(18-10)11(13,14)15)9(19)7-3-4-16-5-17-7/h1-5,9,19H. The third-order valence-corrected chi connectivity index (χ3v) is 2.65. The molecule has 1 unspecified atom stereocenters. The molecule has 0 bridgehead atoms. The summed E-state index contributed by atoms with van der Waals surface area (Å²) in [5.74, 6) is 0. The Morgan fingerprint density at radius 3 is 2.47 bits per heavy atom. The van der Waals surface area contributed by atoms with Crippen molar-refractivity contribution in [1.29, 1.82) is 0 Å². The van der Waals surface area contributed by atoms with Crippen LogP contribution in [0, 0.1) is 0 Å². The number of halogens is 4. The third-order valence-electron chi connectivity index (χ3n) is 2.35. The molecule has 0 aliphatic heterocycles. The van der Waals surface area contributed by atoms with Crippen LogP contribution < -0.4 is 0 Å². The molecule has 2 aromatic heterocycles. The first-order valence-corrected chi connectivity index (χ1v) is 5.45. The highest BCUT2D eigenvalue weighted by molar-refractivity contribution is 6.30. The minimum absolute atomic E-state index is 0.0494. The highest BCUT2D eigenvalue weighted by Gasteiger charge is 2.33. The number of aromatic nitrogens is 3. The molecule has 0 saturated carbocycles. The molecule has 19 heavy (non-hydrogen) atoms. The maximum atomic E-state index is 12.4. The maximum Gasteiger partial charge on any atom is 0.433 e. The van der Waals surface area contributed by atoms with Crippen LogP contribution >= 0.6 is 11.6 Å². The van der Waals surface area contributed by atoms with Crippen molar-refractivity contribution in [3.63, 3.8) is 0 Å². The summed E-state index contributed by atoms with van der Waals surface area (Å²) in [6, 6.07) is 3.26. The number of hydrogen-bond acceptors (Lipinski definition) is 4. The second-order valence-corrected chi connectivity index (χ2v) is 3.97. The van der Waals surface area contributed by atoms with Crippen LogP contribution in [0.4, 0.5) is 13.2 Å². The molecule has 0 aliphatic rings. The lowest BCUT2D eigenvalue weighted by atomic mass is 10.1. The molecule has 0 aliphatic carbocycles. The molecule has 2 aromatic rings. The molecule has 0 saturated heterocycles. The van der Waals surface area contributed by atoms with Crippen molar-refractivity contribution in [1.82, 2.24) is 15.0 Å². The number of aliphatic hydroxyl groups excluding tert-OH is 1. The Labute approximate surface area is 110 Å². The smallest absolute Gasteiger partial charge is 0.382 e. The minimum atomic E-state index is -4.58. The molecule has 100 valence electrons. The Kier molecular flexibility index (Phi) is 3.68. The second kappa shape index (κ2) is 5.10. The number of hydrogen-bond donors (Lipinski definition) is 1. The van der Waals surface area contributed by atoms with Crippen molar-refractivity contribution < 1.29 is 18.3 Å². The van der Waals surface area contributed by atoms with Crippen molar-refractivity contribution in [3.8, 4) is 0 Å². The second-order valence-electron chi connectivity index (χ2n) is 3.61. The van der Waals surface area contributed by atoms with E-state index < -0.39 is 23.1 Å². The average Bonchev–Trinajstić information content (AvgIpc) is 2.38. The van der Waals surface area contributed by atoms with Crippen molar-refractivity contribution in [3.05, 3.63) is 52.8 Å². The summed E-state index contributed by atoms with van der Waals surface area (Å²) in [7, 11) is 0. The van der Waals surface area contributed by atoms with Crippen LogP contribution in [0.3, 0.4) is 0 Å². The monoisotopic (exact) mass is 289 g/mol. The topological polar surface area (TPSA) is 58.9 Å². The van der Waals surface area contributed by atoms with E-state index in [0.717, 1.165) is 12.1 Å². The molecule has 0 aromatic carbocycles. The van der Waals surface area contributed by atoms with Gasteiger partial charge in [-0.1, -0.05) is 17.7 Å². The van der Waals surface area contributed by atoms with E-state index in [9.17, 15) is 18.3 Å². The van der Waals surface area contributed by atoms with Gasteiger partial charge < -0.3 is 5.11 Å². The number of nitrogens with zero attached hydrogens (tertiary/aromatic N) is 3. The van der Waals surface area contributed by atoms with Crippen LogP contribution in [-0.2, 0) is 6.18 Å². The van der Waals surface area contributed by atoms with E-state index in [1.807, 2.05) is 0 Å². The fraction of sp³-hybridized carbons (Fsp3) is 0.182. The Morgan fingerprint density at radius 2 is 1.95 bits per heavy atom. The summed E-state index contributed by atoms with van der Waals surface area (Å²) in [5, 5.41) is 9.55. The molecule has 1 N–H and O–H groups in total. The summed E-state index contributed by atoms with van der Waals surface area (Å²) in [6.45, 7) is 0. The summed E-state index contributed by atoms with van der Waals surface area (Å²) in [5.41, 5.74) is -0.844. The summed E-state index contributed by atoms with van der Waals surface area (Å²) < 4.78 is 37.3. The lowest BCUT2D eigenvalue weighted by Crippen LogP contribution is -2.10. The number of aliphatic hydroxyl groups is 1. The van der Waals surface area contributed by atoms with Gasteiger partial charge in [0.25, 0.3) is 0 Å². The highest BCUT2D eigenvalue weighted by atomic mass is 35.5. The van der Waals surface area contributed by atoms with Gasteiger partial charge in [-0.05, 0) is 12.1 Å². The molecular weight excluding hydrogens is 283 g/mol. The molecule has 0 spiro atoms. The van der Waals surface area contributed by atoms with Gasteiger partial charge in [0.05, 0.1) is 5.69 Å². The van der Waals surface area contributed by atoms with Crippen LogP contribution in [0.25, 0.3) is 0 Å². The van der Waals surface area contributed by atoms with E-state index in [-0.39, 0.29) is 11.3 Å². The molecule has 0 amide bonds. The predicted molar refractivity (Wildman–Crippen MR) is 60.3 cm³/mol. The summed E-state index contributed by atoms with van der Waals surface area (Å²) >= 11 is 5.67. The van der Waals surface area contributed by atoms with Crippen LogP contribution in [0.15, 0.2) is 30.7 Å². The van der Waals surface area contributed by atoms with Crippen molar-refractivity contribution in [2.24, 2.45) is 0 Å². The fourth-order valence-corrected chi connectivity index (χ4v) is 1.69. The first-order chi connectivity index (χ1) is 8.89. The van der Waals surface area contributed by atoms with Crippen molar-refractivity contribution >= 4 is 11.6 Å². The molecule has 1 atom stereocenters. The molecule has 0 fully saturated rings. The van der Waals surface area contributed by atoms with Crippen LogP contribution in [0.5, 0.6) is 0 Å². The molecule has 0 radical (unpaired) electrons. The zero-order valence-electron chi connectivity index (χ0n) is 9.26. The SMILES string of the molecule is OC(c1ccncn1)c1ccc(C(F)(F)F)nc1Cl. The number of alkyl halides is 3. The Hall–Kier alpha value is -1.73. The van der Waals surface area contributed by atoms with Gasteiger partial charge in [-0.15, -0.1) is 0 Å². The minimum Gasteiger partial charge on any atom is -0.382 e. The Balaban J connectivity index is 2.37. The summed E-state index contributed by atoms with van der Waals surface area (Å²) in [6.07, 6.45) is -3.23. The van der Waals surface area contributed by atoms with Gasteiger partial charge in [-0.3, -0.25) is 0 Å². The normalized spacial score (nSPS) is 13.3. The van der Waals surface area contributed by atoms with Crippen LogP contribution in [0.2, 0.25) is 5.15 Å². The number of pyridine rings is 1. The van der Waals surface area contributed by atoms with Gasteiger partial charge >= 0.3 is 6.18 Å². The molecule has 2 heterocycles. The fourth-order valence-electron chi connectivity index (χ4n) is 1.43. The average molecular weight is 290 g/mol. The molecular formula is C11H7ClF3N3O. The van der Waals surface area contributed by atoms with Gasteiger partial charge in [-0.2, -0.15) is 13.2 Å². The maximum absolute atomic E-state index is 12.4. The van der Waals surface area contributed by atoms with Crippen molar-refractivity contribution in [2.45, 2.75) is 12.3 Å². The first kappa shape index (κ1) is 13.7. The van der Waals surface area contributed by atoms with E-state index in [1.165, 1.54) is 18.6 Å². The first-order valence-electron chi connectivity index (χ1n) is 5.07. The van der Waals surface area contributed by atoms with E-state index in [2.05, 4.69) is 15.0 Å². The van der Waals surface area contributed by atoms with E-state index in [1.54, 1.807) is 0 Å². The molecule has 8 heteroatoms. The predicted octanol–water partition coefficient (Wildman–Crippen LogP) is 2.63.